The van der Waals surface area contributed by atoms with Crippen LogP contribution in [0, 0.1) is 6.92 Å². The molecule has 0 saturated heterocycles. The molecule has 0 aliphatic carbocycles. The van der Waals surface area contributed by atoms with Crippen molar-refractivity contribution in [2.75, 3.05) is 21.2 Å². The van der Waals surface area contributed by atoms with E-state index in [-0.39, 0.29) is 5.75 Å². The van der Waals surface area contributed by atoms with Gasteiger partial charge in [-0.1, -0.05) is 6.07 Å². The molecule has 0 aliphatic heterocycles. The molecular weight excluding hydrogens is 178 g/mol. The summed E-state index contributed by atoms with van der Waals surface area (Å²) in [6.45, 7) is 2.70. The van der Waals surface area contributed by atoms with Crippen molar-refractivity contribution in [3.63, 3.8) is 0 Å². The van der Waals surface area contributed by atoms with Crippen molar-refractivity contribution < 1.29 is 9.84 Å². The highest BCUT2D eigenvalue weighted by atomic mass is 16.5. The Bertz CT molecular complexity index is 321. The number of benzene rings is 1. The Labute approximate surface area is 84.9 Å². The number of phenolic OH excluding ortho intramolecular Hbond substituents is 1. The van der Waals surface area contributed by atoms with Gasteiger partial charge in [-0.25, -0.2) is 0 Å². The number of aromatic hydroxyl groups is 1. The molecule has 0 radical (unpaired) electrons. The zero-order valence-corrected chi connectivity index (χ0v) is 9.16. The first-order valence-corrected chi connectivity index (χ1v) is 4.55. The second-order valence-electron chi connectivity index (χ2n) is 3.71. The molecule has 78 valence electrons. The molecule has 14 heavy (non-hydrogen) atoms. The topological polar surface area (TPSA) is 32.7 Å². The quantitative estimate of drug-likeness (QED) is 0.797. The van der Waals surface area contributed by atoms with Crippen LogP contribution >= 0.6 is 0 Å². The molecule has 1 aromatic carbocycles. The lowest BCUT2D eigenvalue weighted by Gasteiger charge is -2.14. The molecule has 0 bridgehead atoms. The molecule has 0 atom stereocenters. The van der Waals surface area contributed by atoms with Gasteiger partial charge < -0.3 is 14.7 Å². The zero-order valence-electron chi connectivity index (χ0n) is 9.16. The van der Waals surface area contributed by atoms with Gasteiger partial charge in [0.25, 0.3) is 0 Å². The lowest BCUT2D eigenvalue weighted by atomic mass is 10.1. The van der Waals surface area contributed by atoms with E-state index in [0.29, 0.717) is 12.3 Å². The number of nitrogens with zero attached hydrogens (tertiary/aromatic N) is 1. The molecule has 1 aromatic rings. The van der Waals surface area contributed by atoms with Crippen LogP contribution in [0.5, 0.6) is 11.5 Å². The van der Waals surface area contributed by atoms with Crippen molar-refractivity contribution in [1.82, 2.24) is 4.90 Å². The van der Waals surface area contributed by atoms with Gasteiger partial charge in [-0.15, -0.1) is 0 Å². The summed E-state index contributed by atoms with van der Waals surface area (Å²) < 4.78 is 5.08. The first kappa shape index (κ1) is 10.9. The summed E-state index contributed by atoms with van der Waals surface area (Å²) in [6.07, 6.45) is 0. The Hall–Kier alpha value is -1.22. The van der Waals surface area contributed by atoms with Gasteiger partial charge in [0.05, 0.1) is 7.11 Å². The standard InChI is InChI=1S/C11H17NO2/c1-8-5-9(7-12(2)3)11(13)10(6-8)14-4/h5-6,13H,7H2,1-4H3. The van der Waals surface area contributed by atoms with Gasteiger partial charge in [0, 0.05) is 12.1 Å². The van der Waals surface area contributed by atoms with Crippen LogP contribution < -0.4 is 4.74 Å². The van der Waals surface area contributed by atoms with Gasteiger partial charge in [0.15, 0.2) is 11.5 Å². The lowest BCUT2D eigenvalue weighted by Crippen LogP contribution is -2.11. The van der Waals surface area contributed by atoms with E-state index in [0.717, 1.165) is 11.1 Å². The van der Waals surface area contributed by atoms with Crippen LogP contribution in [0.25, 0.3) is 0 Å². The predicted octanol–water partition coefficient (Wildman–Crippen LogP) is 1.77. The fraction of sp³-hybridized carbons (Fsp3) is 0.455. The third kappa shape index (κ3) is 2.39. The Balaban J connectivity index is 3.08. The van der Waals surface area contributed by atoms with E-state index in [9.17, 15) is 5.11 Å². The molecule has 1 rings (SSSR count). The van der Waals surface area contributed by atoms with Crippen LogP contribution in [0.2, 0.25) is 0 Å². The largest absolute Gasteiger partial charge is 0.504 e. The van der Waals surface area contributed by atoms with Crippen LogP contribution in [0.3, 0.4) is 0 Å². The fourth-order valence-corrected chi connectivity index (χ4v) is 1.44. The fourth-order valence-electron chi connectivity index (χ4n) is 1.44. The molecule has 0 aromatic heterocycles. The lowest BCUT2D eigenvalue weighted by molar-refractivity contribution is 0.354. The maximum Gasteiger partial charge on any atom is 0.162 e. The van der Waals surface area contributed by atoms with E-state index < -0.39 is 0 Å². The summed E-state index contributed by atoms with van der Waals surface area (Å²) in [6, 6.07) is 3.80. The minimum Gasteiger partial charge on any atom is -0.504 e. The van der Waals surface area contributed by atoms with Crippen molar-refractivity contribution in [2.45, 2.75) is 13.5 Å². The SMILES string of the molecule is COc1cc(C)cc(CN(C)C)c1O. The number of rotatable bonds is 3. The number of phenols is 1. The summed E-state index contributed by atoms with van der Waals surface area (Å²) in [5.41, 5.74) is 1.99. The second kappa shape index (κ2) is 4.33. The Morgan fingerprint density at radius 3 is 2.50 bits per heavy atom. The van der Waals surface area contributed by atoms with Crippen molar-refractivity contribution in [1.29, 1.82) is 0 Å². The molecule has 0 fully saturated rings. The van der Waals surface area contributed by atoms with E-state index in [2.05, 4.69) is 0 Å². The van der Waals surface area contributed by atoms with E-state index in [1.54, 1.807) is 7.11 Å². The molecule has 0 amide bonds. The average molecular weight is 195 g/mol. The molecule has 3 nitrogen and oxygen atoms in total. The number of aryl methyl sites for hydroxylation is 1. The molecule has 0 aliphatic rings. The Kier molecular flexibility index (Phi) is 3.36. The molecule has 1 N–H and O–H groups in total. The molecule has 0 saturated carbocycles. The van der Waals surface area contributed by atoms with Crippen molar-refractivity contribution in [3.8, 4) is 11.5 Å². The van der Waals surface area contributed by atoms with Crippen molar-refractivity contribution in [3.05, 3.63) is 23.3 Å². The first-order chi connectivity index (χ1) is 6.54. The minimum absolute atomic E-state index is 0.242. The predicted molar refractivity (Wildman–Crippen MR) is 56.8 cm³/mol. The van der Waals surface area contributed by atoms with Crippen LogP contribution in [0.15, 0.2) is 12.1 Å². The van der Waals surface area contributed by atoms with Gasteiger partial charge in [0.1, 0.15) is 0 Å². The maximum absolute atomic E-state index is 9.81. The maximum atomic E-state index is 9.81. The molecule has 0 spiro atoms. The monoisotopic (exact) mass is 195 g/mol. The van der Waals surface area contributed by atoms with E-state index in [4.69, 9.17) is 4.74 Å². The normalized spacial score (nSPS) is 10.6. The number of hydrogen-bond donors (Lipinski definition) is 1. The van der Waals surface area contributed by atoms with Crippen LogP contribution in [-0.4, -0.2) is 31.2 Å². The second-order valence-corrected chi connectivity index (χ2v) is 3.71. The van der Waals surface area contributed by atoms with Gasteiger partial charge in [-0.05, 0) is 32.6 Å². The third-order valence-corrected chi connectivity index (χ3v) is 2.00. The molecular formula is C11H17NO2. The van der Waals surface area contributed by atoms with E-state index in [1.807, 2.05) is 38.1 Å². The number of ether oxygens (including phenoxy) is 1. The molecule has 3 heteroatoms. The molecule has 0 unspecified atom stereocenters. The van der Waals surface area contributed by atoms with Crippen LogP contribution in [-0.2, 0) is 6.54 Å². The third-order valence-electron chi connectivity index (χ3n) is 2.00. The number of hydrogen-bond acceptors (Lipinski definition) is 3. The smallest absolute Gasteiger partial charge is 0.162 e. The van der Waals surface area contributed by atoms with Gasteiger partial charge in [0.2, 0.25) is 0 Å². The zero-order chi connectivity index (χ0) is 10.7. The van der Waals surface area contributed by atoms with Crippen LogP contribution in [0.1, 0.15) is 11.1 Å². The Morgan fingerprint density at radius 2 is 2.00 bits per heavy atom. The van der Waals surface area contributed by atoms with Gasteiger partial charge in [-0.3, -0.25) is 0 Å². The summed E-state index contributed by atoms with van der Waals surface area (Å²) in [5, 5.41) is 9.81. The summed E-state index contributed by atoms with van der Waals surface area (Å²) in [7, 11) is 5.50. The van der Waals surface area contributed by atoms with Crippen molar-refractivity contribution >= 4 is 0 Å². The molecule has 0 heterocycles. The minimum atomic E-state index is 0.242. The van der Waals surface area contributed by atoms with Crippen LogP contribution in [0.4, 0.5) is 0 Å². The summed E-state index contributed by atoms with van der Waals surface area (Å²) in [5.74, 6) is 0.786. The van der Waals surface area contributed by atoms with Gasteiger partial charge >= 0.3 is 0 Å². The van der Waals surface area contributed by atoms with E-state index >= 15 is 0 Å². The highest BCUT2D eigenvalue weighted by Gasteiger charge is 2.09. The number of methoxy groups -OCH3 is 1. The Morgan fingerprint density at radius 1 is 1.36 bits per heavy atom. The highest BCUT2D eigenvalue weighted by molar-refractivity contribution is 5.48. The highest BCUT2D eigenvalue weighted by Crippen LogP contribution is 2.31. The van der Waals surface area contributed by atoms with E-state index in [1.165, 1.54) is 0 Å². The summed E-state index contributed by atoms with van der Waals surface area (Å²) >= 11 is 0. The average Bonchev–Trinajstić information content (AvgIpc) is 2.09. The summed E-state index contributed by atoms with van der Waals surface area (Å²) in [4.78, 5) is 2.01. The first-order valence-electron chi connectivity index (χ1n) is 4.55. The van der Waals surface area contributed by atoms with Gasteiger partial charge in [-0.2, -0.15) is 0 Å². The van der Waals surface area contributed by atoms with Crippen molar-refractivity contribution in [2.24, 2.45) is 0 Å².